The number of halogens is 2. The van der Waals surface area contributed by atoms with Crippen molar-refractivity contribution in [1.82, 2.24) is 4.57 Å². The Hall–Kier alpha value is -3.64. The van der Waals surface area contributed by atoms with Crippen molar-refractivity contribution in [3.8, 4) is 5.75 Å². The number of nitrogens with zero attached hydrogens (tertiary/aromatic N) is 3. The maximum absolute atomic E-state index is 13.8. The summed E-state index contributed by atoms with van der Waals surface area (Å²) in [7, 11) is 0. The third-order valence-electron chi connectivity index (χ3n) is 6.62. The molecule has 2 aliphatic rings. The van der Waals surface area contributed by atoms with Crippen molar-refractivity contribution in [1.29, 1.82) is 0 Å². The number of hydrogen-bond acceptors (Lipinski definition) is 6. The van der Waals surface area contributed by atoms with Gasteiger partial charge in [0.1, 0.15) is 5.82 Å². The van der Waals surface area contributed by atoms with Gasteiger partial charge in [0.05, 0.1) is 24.8 Å². The lowest BCUT2D eigenvalue weighted by molar-refractivity contribution is -0.386. The molecule has 0 amide bonds. The number of aromatic nitrogens is 1. The summed E-state index contributed by atoms with van der Waals surface area (Å²) < 4.78 is 16.1. The molecule has 4 aromatic rings. The van der Waals surface area contributed by atoms with Crippen LogP contribution in [0.2, 0.25) is 0 Å². The van der Waals surface area contributed by atoms with Gasteiger partial charge in [0, 0.05) is 11.6 Å². The number of rotatable bonds is 3. The third kappa shape index (κ3) is 4.00. The fourth-order valence-corrected chi connectivity index (χ4v) is 6.58. The first kappa shape index (κ1) is 23.7. The first-order chi connectivity index (χ1) is 17.8. The standard InChI is InChI=1S/C27H17FIN3O4S/c28-17-8-5-16(6-9-17)24-19-10-7-15-3-1-2-4-18(15)23(19)30-27-31(24)26(34)22(37-27)13-14-11-20(29)25(33)21(12-14)32(35)36/h1-6,8-9,11-13,24,33H,7,10H2/b22-13-. The number of nitro groups is 1. The molecule has 1 aromatic heterocycles. The van der Waals surface area contributed by atoms with Crippen molar-refractivity contribution < 1.29 is 14.4 Å². The van der Waals surface area contributed by atoms with E-state index in [0.717, 1.165) is 28.8 Å². The molecule has 0 saturated carbocycles. The van der Waals surface area contributed by atoms with Gasteiger partial charge < -0.3 is 5.11 Å². The van der Waals surface area contributed by atoms with Crippen LogP contribution < -0.4 is 14.9 Å². The van der Waals surface area contributed by atoms with Gasteiger partial charge in [-0.25, -0.2) is 9.38 Å². The summed E-state index contributed by atoms with van der Waals surface area (Å²) in [6, 6.07) is 16.6. The zero-order valence-corrected chi connectivity index (χ0v) is 22.0. The largest absolute Gasteiger partial charge is 0.501 e. The van der Waals surface area contributed by atoms with Crippen molar-refractivity contribution in [3.05, 3.63) is 128 Å². The fourth-order valence-electron chi connectivity index (χ4n) is 4.95. The van der Waals surface area contributed by atoms with E-state index in [0.29, 0.717) is 24.9 Å². The summed E-state index contributed by atoms with van der Waals surface area (Å²) in [6.07, 6.45) is 3.10. The minimum Gasteiger partial charge on any atom is -0.501 e. The number of benzene rings is 3. The molecule has 0 spiro atoms. The van der Waals surface area contributed by atoms with Crippen LogP contribution in [0.15, 0.2) is 76.0 Å². The van der Waals surface area contributed by atoms with Crippen molar-refractivity contribution in [2.75, 3.05) is 0 Å². The molecule has 0 saturated heterocycles. The summed E-state index contributed by atoms with van der Waals surface area (Å²) in [5, 5.41) is 21.4. The molecule has 184 valence electrons. The summed E-state index contributed by atoms with van der Waals surface area (Å²) in [4.78, 5) is 29.9. The van der Waals surface area contributed by atoms with E-state index in [1.165, 1.54) is 35.1 Å². The van der Waals surface area contributed by atoms with Crippen molar-refractivity contribution >= 4 is 51.4 Å². The second kappa shape index (κ2) is 9.03. The van der Waals surface area contributed by atoms with E-state index in [-0.39, 0.29) is 11.4 Å². The van der Waals surface area contributed by atoms with Crippen LogP contribution in [0.1, 0.15) is 34.7 Å². The maximum Gasteiger partial charge on any atom is 0.312 e. The van der Waals surface area contributed by atoms with Gasteiger partial charge in [0.15, 0.2) is 4.80 Å². The van der Waals surface area contributed by atoms with Crippen LogP contribution >= 0.6 is 33.9 Å². The highest BCUT2D eigenvalue weighted by molar-refractivity contribution is 14.1. The second-order valence-corrected chi connectivity index (χ2v) is 11.0. The highest BCUT2D eigenvalue weighted by Gasteiger charge is 2.32. The average Bonchev–Trinajstić information content (AvgIpc) is 3.19. The first-order valence-corrected chi connectivity index (χ1v) is 13.3. The number of phenolic OH excluding ortho intramolecular Hbond substituents is 1. The Balaban J connectivity index is 1.61. The molecule has 1 N–H and O–H groups in total. The van der Waals surface area contributed by atoms with Crippen LogP contribution in [0.5, 0.6) is 5.75 Å². The third-order valence-corrected chi connectivity index (χ3v) is 8.42. The van der Waals surface area contributed by atoms with Gasteiger partial charge in [0.25, 0.3) is 5.56 Å². The predicted octanol–water partition coefficient (Wildman–Crippen LogP) is 4.68. The number of fused-ring (bicyclic) bond motifs is 3. The number of nitro benzene ring substituents is 1. The SMILES string of the molecule is O=c1/c(=C/c2cc(I)c(O)c([N+](=O)[O-])c2)sc2n1C(c1ccc(F)cc1)C1=C(N=2)c2ccccc2CC1. The van der Waals surface area contributed by atoms with Crippen LogP contribution in [-0.2, 0) is 6.42 Å². The molecular formula is C27H17FIN3O4S. The van der Waals surface area contributed by atoms with E-state index in [1.807, 2.05) is 40.8 Å². The minimum atomic E-state index is -0.656. The minimum absolute atomic E-state index is 0.283. The molecule has 0 fully saturated rings. The molecule has 1 atom stereocenters. The molecule has 10 heteroatoms. The van der Waals surface area contributed by atoms with Gasteiger partial charge in [-0.15, -0.1) is 0 Å². The highest BCUT2D eigenvalue weighted by Crippen LogP contribution is 2.41. The molecule has 0 radical (unpaired) electrons. The van der Waals surface area contributed by atoms with E-state index >= 15 is 0 Å². The van der Waals surface area contributed by atoms with Crippen molar-refractivity contribution in [2.45, 2.75) is 18.9 Å². The Kier molecular flexibility index (Phi) is 5.80. The molecule has 37 heavy (non-hydrogen) atoms. The monoisotopic (exact) mass is 625 g/mol. The lowest BCUT2D eigenvalue weighted by Gasteiger charge is -2.30. The van der Waals surface area contributed by atoms with Crippen LogP contribution in [0, 0.1) is 19.5 Å². The fraction of sp³-hybridized carbons (Fsp3) is 0.111. The molecule has 0 bridgehead atoms. The van der Waals surface area contributed by atoms with Gasteiger partial charge in [-0.1, -0.05) is 47.7 Å². The van der Waals surface area contributed by atoms with E-state index in [2.05, 4.69) is 6.07 Å². The van der Waals surface area contributed by atoms with E-state index < -0.39 is 22.4 Å². The Morgan fingerprint density at radius 2 is 1.92 bits per heavy atom. The van der Waals surface area contributed by atoms with Gasteiger partial charge >= 0.3 is 5.69 Å². The normalized spacial score (nSPS) is 16.6. The Morgan fingerprint density at radius 3 is 2.68 bits per heavy atom. The molecule has 6 rings (SSSR count). The van der Waals surface area contributed by atoms with Crippen LogP contribution in [0.4, 0.5) is 10.1 Å². The Labute approximate surface area is 226 Å². The summed E-state index contributed by atoms with van der Waals surface area (Å²) in [6.45, 7) is 0. The molecule has 7 nitrogen and oxygen atoms in total. The second-order valence-electron chi connectivity index (χ2n) is 8.79. The summed E-state index contributed by atoms with van der Waals surface area (Å²) in [5.74, 6) is -0.769. The topological polar surface area (TPSA) is 97.7 Å². The van der Waals surface area contributed by atoms with E-state index in [9.17, 15) is 24.4 Å². The molecule has 2 heterocycles. The smallest absolute Gasteiger partial charge is 0.312 e. The molecular weight excluding hydrogens is 608 g/mol. The number of hydrogen-bond donors (Lipinski definition) is 1. The number of aryl methyl sites for hydroxylation is 1. The number of phenols is 1. The van der Waals surface area contributed by atoms with Crippen molar-refractivity contribution in [2.24, 2.45) is 4.99 Å². The van der Waals surface area contributed by atoms with Gasteiger partial charge in [0.2, 0.25) is 5.75 Å². The zero-order valence-electron chi connectivity index (χ0n) is 19.0. The number of thiazole rings is 1. The molecule has 1 unspecified atom stereocenters. The quantitative estimate of drug-likeness (QED) is 0.203. The average molecular weight is 625 g/mol. The van der Waals surface area contributed by atoms with Crippen LogP contribution in [0.3, 0.4) is 0 Å². The lowest BCUT2D eigenvalue weighted by Crippen LogP contribution is -2.38. The van der Waals surface area contributed by atoms with E-state index in [4.69, 9.17) is 4.99 Å². The van der Waals surface area contributed by atoms with E-state index in [1.54, 1.807) is 28.8 Å². The molecule has 1 aliphatic heterocycles. The molecule has 3 aromatic carbocycles. The Morgan fingerprint density at radius 1 is 1.16 bits per heavy atom. The molecule has 1 aliphatic carbocycles. The zero-order chi connectivity index (χ0) is 25.8. The van der Waals surface area contributed by atoms with Gasteiger partial charge in [-0.3, -0.25) is 19.5 Å². The maximum atomic E-state index is 13.8. The van der Waals surface area contributed by atoms with Crippen LogP contribution in [0.25, 0.3) is 11.8 Å². The summed E-state index contributed by atoms with van der Waals surface area (Å²) in [5.41, 5.74) is 4.54. The number of allylic oxidation sites excluding steroid dienone is 1. The lowest BCUT2D eigenvalue weighted by atomic mass is 9.83. The predicted molar refractivity (Wildman–Crippen MR) is 147 cm³/mol. The Bertz CT molecular complexity index is 1830. The number of aromatic hydroxyl groups is 1. The summed E-state index contributed by atoms with van der Waals surface area (Å²) >= 11 is 3.02. The van der Waals surface area contributed by atoms with Gasteiger partial charge in [-0.2, -0.15) is 0 Å². The van der Waals surface area contributed by atoms with Crippen LogP contribution in [-0.4, -0.2) is 14.6 Å². The first-order valence-electron chi connectivity index (χ1n) is 11.4. The van der Waals surface area contributed by atoms with Crippen molar-refractivity contribution in [3.63, 3.8) is 0 Å². The van der Waals surface area contributed by atoms with Gasteiger partial charge in [-0.05, 0) is 82.0 Å². The highest BCUT2D eigenvalue weighted by atomic mass is 127.